The molecular formula is C28H37N3O3. The number of carbonyl (C=O) groups excluding carboxylic acids is 1. The largest absolute Gasteiger partial charge is 0.466 e. The van der Waals surface area contributed by atoms with Crippen molar-refractivity contribution in [3.05, 3.63) is 70.3 Å². The molecule has 2 aromatic carbocycles. The van der Waals surface area contributed by atoms with E-state index in [-0.39, 0.29) is 24.1 Å². The molecule has 0 aliphatic rings. The number of imidazole rings is 1. The van der Waals surface area contributed by atoms with Crippen molar-refractivity contribution in [1.29, 1.82) is 0 Å². The minimum atomic E-state index is -0.264. The first-order valence-corrected chi connectivity index (χ1v) is 12.3. The van der Waals surface area contributed by atoms with Gasteiger partial charge in [0.2, 0.25) is 0 Å². The Morgan fingerprint density at radius 1 is 1.00 bits per heavy atom. The van der Waals surface area contributed by atoms with Crippen LogP contribution >= 0.6 is 0 Å². The molecule has 6 heteroatoms. The van der Waals surface area contributed by atoms with Crippen molar-refractivity contribution >= 4 is 27.9 Å². The van der Waals surface area contributed by atoms with Gasteiger partial charge in [0, 0.05) is 30.2 Å². The van der Waals surface area contributed by atoms with E-state index >= 15 is 0 Å². The summed E-state index contributed by atoms with van der Waals surface area (Å²) in [5.41, 5.74) is 5.12. The molecule has 6 nitrogen and oxygen atoms in total. The van der Waals surface area contributed by atoms with Crippen LogP contribution in [0.25, 0.3) is 21.9 Å². The van der Waals surface area contributed by atoms with Gasteiger partial charge in [0.25, 0.3) is 0 Å². The lowest BCUT2D eigenvalue weighted by Gasteiger charge is -2.17. The van der Waals surface area contributed by atoms with Crippen LogP contribution in [-0.2, 0) is 23.1 Å². The van der Waals surface area contributed by atoms with Gasteiger partial charge in [-0.15, -0.1) is 0 Å². The van der Waals surface area contributed by atoms with Crippen LogP contribution in [0.3, 0.4) is 0 Å². The van der Waals surface area contributed by atoms with Crippen LogP contribution in [0, 0.1) is 6.92 Å². The van der Waals surface area contributed by atoms with Crippen LogP contribution in [0.5, 0.6) is 0 Å². The average molecular weight is 464 g/mol. The van der Waals surface area contributed by atoms with Crippen molar-refractivity contribution < 1.29 is 9.53 Å². The van der Waals surface area contributed by atoms with Crippen LogP contribution in [0.2, 0.25) is 0 Å². The zero-order valence-electron chi connectivity index (χ0n) is 21.3. The highest BCUT2D eigenvalue weighted by molar-refractivity contribution is 5.87. The molecule has 182 valence electrons. The molecule has 0 aliphatic carbocycles. The molecule has 0 amide bonds. The molecule has 0 spiro atoms. The van der Waals surface area contributed by atoms with E-state index in [1.807, 2.05) is 49.7 Å². The number of ether oxygens (including phenoxy) is 1. The lowest BCUT2D eigenvalue weighted by Crippen LogP contribution is -2.29. The predicted octanol–water partition coefficient (Wildman–Crippen LogP) is 5.97. The number of para-hydroxylation sites is 2. The van der Waals surface area contributed by atoms with Gasteiger partial charge in [0.1, 0.15) is 0 Å². The Kier molecular flexibility index (Phi) is 8.37. The number of hydrogen-bond donors (Lipinski definition) is 0. The third kappa shape index (κ3) is 4.81. The second-order valence-electron chi connectivity index (χ2n) is 8.41. The number of carbonyl (C=O) groups is 1. The zero-order chi connectivity index (χ0) is 24.8. The van der Waals surface area contributed by atoms with Crippen LogP contribution in [0.15, 0.2) is 53.5 Å². The molecule has 0 bridgehead atoms. The van der Waals surface area contributed by atoms with E-state index in [9.17, 15) is 9.59 Å². The van der Waals surface area contributed by atoms with Crippen molar-refractivity contribution in [3.8, 4) is 0 Å². The van der Waals surface area contributed by atoms with Crippen LogP contribution < -0.4 is 5.69 Å². The summed E-state index contributed by atoms with van der Waals surface area (Å²) < 4.78 is 10.9. The summed E-state index contributed by atoms with van der Waals surface area (Å²) in [6.07, 6.45) is 3.92. The summed E-state index contributed by atoms with van der Waals surface area (Å²) in [5.74, 6) is -0.264. The van der Waals surface area contributed by atoms with E-state index in [0.717, 1.165) is 35.0 Å². The molecule has 0 radical (unpaired) electrons. The fraction of sp³-hybridized carbons (Fsp3) is 0.429. The second-order valence-corrected chi connectivity index (χ2v) is 8.41. The standard InChI is InChI=1S/C26H31N3O3.C2H6/c1-5-10-20(15-24(30)32-6-2)29-22-13-8-7-12-21(22)28(26(29)31)17-19-16-27(4)23-14-9-11-18(3)25(19)23;1-2/h7-9,11-14,16,20H,5-6,10,15,17H2,1-4H3;1-2H3/t20-;/m0./s1. The van der Waals surface area contributed by atoms with Crippen molar-refractivity contribution in [2.45, 2.75) is 66.5 Å². The quantitative estimate of drug-likeness (QED) is 0.302. The third-order valence-corrected chi connectivity index (χ3v) is 6.19. The Morgan fingerprint density at radius 2 is 1.68 bits per heavy atom. The maximum Gasteiger partial charge on any atom is 0.329 e. The maximum atomic E-state index is 13.7. The van der Waals surface area contributed by atoms with Crippen LogP contribution in [-0.4, -0.2) is 26.3 Å². The molecule has 4 aromatic rings. The van der Waals surface area contributed by atoms with Crippen molar-refractivity contribution in [2.75, 3.05) is 6.61 Å². The fourth-order valence-corrected chi connectivity index (χ4v) is 4.83. The van der Waals surface area contributed by atoms with Crippen LogP contribution in [0.1, 0.15) is 64.1 Å². The lowest BCUT2D eigenvalue weighted by atomic mass is 10.1. The van der Waals surface area contributed by atoms with E-state index in [1.54, 1.807) is 11.5 Å². The Morgan fingerprint density at radius 3 is 2.35 bits per heavy atom. The highest BCUT2D eigenvalue weighted by Crippen LogP contribution is 2.27. The number of benzene rings is 2. The number of rotatable bonds is 8. The van der Waals surface area contributed by atoms with E-state index in [1.165, 1.54) is 10.9 Å². The van der Waals surface area contributed by atoms with Crippen molar-refractivity contribution in [3.63, 3.8) is 0 Å². The molecule has 0 N–H and O–H groups in total. The number of fused-ring (bicyclic) bond motifs is 2. The maximum absolute atomic E-state index is 13.7. The number of hydrogen-bond acceptors (Lipinski definition) is 3. The monoisotopic (exact) mass is 463 g/mol. The van der Waals surface area contributed by atoms with E-state index in [4.69, 9.17) is 4.74 Å². The molecule has 0 saturated heterocycles. The van der Waals surface area contributed by atoms with Gasteiger partial charge in [-0.05, 0) is 49.6 Å². The molecule has 0 fully saturated rings. The number of aromatic nitrogens is 3. The summed E-state index contributed by atoms with van der Waals surface area (Å²) in [7, 11) is 2.04. The smallest absolute Gasteiger partial charge is 0.329 e. The molecular weight excluding hydrogens is 426 g/mol. The van der Waals surface area contributed by atoms with Gasteiger partial charge in [0.05, 0.1) is 30.6 Å². The Hall–Kier alpha value is -3.28. The Balaban J connectivity index is 0.00000158. The molecule has 2 heterocycles. The Labute approximate surface area is 201 Å². The summed E-state index contributed by atoms with van der Waals surface area (Å²) in [6, 6.07) is 13.9. The summed E-state index contributed by atoms with van der Waals surface area (Å²) in [4.78, 5) is 26.0. The summed E-state index contributed by atoms with van der Waals surface area (Å²) in [5, 5.41) is 1.19. The van der Waals surface area contributed by atoms with E-state index in [2.05, 4.69) is 42.8 Å². The highest BCUT2D eigenvalue weighted by Gasteiger charge is 2.23. The second kappa shape index (κ2) is 11.2. The van der Waals surface area contributed by atoms with E-state index < -0.39 is 0 Å². The third-order valence-electron chi connectivity index (χ3n) is 6.19. The fourth-order valence-electron chi connectivity index (χ4n) is 4.83. The van der Waals surface area contributed by atoms with Gasteiger partial charge < -0.3 is 9.30 Å². The van der Waals surface area contributed by atoms with Crippen molar-refractivity contribution in [1.82, 2.24) is 13.7 Å². The normalized spacial score (nSPS) is 11.9. The topological polar surface area (TPSA) is 58.2 Å². The van der Waals surface area contributed by atoms with Gasteiger partial charge in [-0.25, -0.2) is 4.79 Å². The molecule has 0 unspecified atom stereocenters. The first kappa shape index (κ1) is 25.3. The molecule has 2 aromatic heterocycles. The minimum Gasteiger partial charge on any atom is -0.466 e. The zero-order valence-corrected chi connectivity index (χ0v) is 21.3. The van der Waals surface area contributed by atoms with Gasteiger partial charge in [-0.3, -0.25) is 13.9 Å². The van der Waals surface area contributed by atoms with Gasteiger partial charge in [-0.2, -0.15) is 0 Å². The molecule has 4 rings (SSSR count). The van der Waals surface area contributed by atoms with Gasteiger partial charge >= 0.3 is 11.7 Å². The van der Waals surface area contributed by atoms with Crippen LogP contribution in [0.4, 0.5) is 0 Å². The molecule has 0 saturated carbocycles. The van der Waals surface area contributed by atoms with E-state index in [0.29, 0.717) is 13.2 Å². The molecule has 1 atom stereocenters. The molecule has 0 aliphatic heterocycles. The van der Waals surface area contributed by atoms with Crippen molar-refractivity contribution in [2.24, 2.45) is 7.05 Å². The SMILES string of the molecule is CC.CCC[C@@H](CC(=O)OCC)n1c(=O)n(Cc2cn(C)c3cccc(C)c23)c2ccccc21. The number of nitrogens with zero attached hydrogens (tertiary/aromatic N) is 3. The number of aryl methyl sites for hydroxylation is 2. The Bertz CT molecular complexity index is 1330. The molecule has 34 heavy (non-hydrogen) atoms. The highest BCUT2D eigenvalue weighted by atomic mass is 16.5. The van der Waals surface area contributed by atoms with Gasteiger partial charge in [-0.1, -0.05) is 51.5 Å². The summed E-state index contributed by atoms with van der Waals surface area (Å²) >= 11 is 0. The minimum absolute atomic E-state index is 0.0838. The van der Waals surface area contributed by atoms with Gasteiger partial charge in [0.15, 0.2) is 0 Å². The first-order chi connectivity index (χ1) is 16.5. The predicted molar refractivity (Wildman–Crippen MR) is 139 cm³/mol. The average Bonchev–Trinajstić information content (AvgIpc) is 3.30. The first-order valence-electron chi connectivity index (χ1n) is 12.3. The summed E-state index contributed by atoms with van der Waals surface area (Å²) in [6.45, 7) is 10.8. The lowest BCUT2D eigenvalue weighted by molar-refractivity contribution is -0.144. The number of esters is 1.